The van der Waals surface area contributed by atoms with Crippen LogP contribution in [-0.2, 0) is 13.6 Å². The van der Waals surface area contributed by atoms with Gasteiger partial charge in [-0.05, 0) is 0 Å². The minimum atomic E-state index is -0.483. The van der Waals surface area contributed by atoms with Gasteiger partial charge in [0, 0.05) is 38.0 Å². The minimum absolute atomic E-state index is 0.133. The van der Waals surface area contributed by atoms with Crippen molar-refractivity contribution in [1.29, 1.82) is 0 Å². The van der Waals surface area contributed by atoms with Crippen molar-refractivity contribution in [3.8, 4) is 11.3 Å². The SMILES string of the molecule is CNc1nc(-c2cnn(C)c2)c2c(c1F)CNC2=O. The summed E-state index contributed by atoms with van der Waals surface area (Å²) in [6.45, 7) is 0.185. The molecule has 0 saturated heterocycles. The third kappa shape index (κ3) is 1.66. The van der Waals surface area contributed by atoms with Crippen molar-refractivity contribution in [3.63, 3.8) is 0 Å². The Kier molecular flexibility index (Phi) is 2.48. The second-order valence-corrected chi connectivity index (χ2v) is 4.31. The van der Waals surface area contributed by atoms with Gasteiger partial charge >= 0.3 is 0 Å². The Morgan fingerprint density at radius 2 is 2.32 bits per heavy atom. The Labute approximate surface area is 108 Å². The lowest BCUT2D eigenvalue weighted by molar-refractivity contribution is 0.0966. The molecule has 0 fully saturated rings. The van der Waals surface area contributed by atoms with Gasteiger partial charge in [0.15, 0.2) is 11.6 Å². The Morgan fingerprint density at radius 1 is 1.53 bits per heavy atom. The molecule has 1 amide bonds. The Bertz CT molecular complexity index is 679. The second kappa shape index (κ2) is 4.04. The Morgan fingerprint density at radius 3 is 2.95 bits per heavy atom. The van der Waals surface area contributed by atoms with Crippen LogP contribution in [0.4, 0.5) is 10.2 Å². The number of fused-ring (bicyclic) bond motifs is 1. The lowest BCUT2D eigenvalue weighted by atomic mass is 10.0. The molecule has 0 bridgehead atoms. The first-order valence-corrected chi connectivity index (χ1v) is 5.79. The highest BCUT2D eigenvalue weighted by Crippen LogP contribution is 2.32. The third-order valence-corrected chi connectivity index (χ3v) is 3.10. The van der Waals surface area contributed by atoms with Crippen LogP contribution in [0, 0.1) is 5.82 Å². The molecule has 98 valence electrons. The molecule has 0 aromatic carbocycles. The molecule has 0 atom stereocenters. The van der Waals surface area contributed by atoms with Gasteiger partial charge in [-0.2, -0.15) is 5.10 Å². The average molecular weight is 261 g/mol. The molecule has 6 nitrogen and oxygen atoms in total. The van der Waals surface area contributed by atoms with E-state index in [9.17, 15) is 9.18 Å². The molecule has 0 radical (unpaired) electrons. The zero-order valence-corrected chi connectivity index (χ0v) is 10.5. The van der Waals surface area contributed by atoms with E-state index >= 15 is 0 Å². The summed E-state index contributed by atoms with van der Waals surface area (Å²) in [5, 5.41) is 9.38. The summed E-state index contributed by atoms with van der Waals surface area (Å²) in [5.41, 5.74) is 1.78. The number of aryl methyl sites for hydroxylation is 1. The Hall–Kier alpha value is -2.44. The highest BCUT2D eigenvalue weighted by molar-refractivity contribution is 6.04. The standard InChI is InChI=1S/C12H12FN5O/c1-14-11-9(13)7-4-15-12(19)8(7)10(17-11)6-3-16-18(2)5-6/h3,5H,4H2,1-2H3,(H,14,17)(H,15,19). The van der Waals surface area contributed by atoms with Crippen LogP contribution in [0.2, 0.25) is 0 Å². The van der Waals surface area contributed by atoms with E-state index in [-0.39, 0.29) is 18.3 Å². The number of aromatic nitrogens is 3. The molecule has 2 N–H and O–H groups in total. The van der Waals surface area contributed by atoms with Gasteiger partial charge in [0.1, 0.15) is 0 Å². The van der Waals surface area contributed by atoms with E-state index in [4.69, 9.17) is 0 Å². The van der Waals surface area contributed by atoms with E-state index in [1.807, 2.05) is 0 Å². The first-order chi connectivity index (χ1) is 9.11. The molecule has 0 unspecified atom stereocenters. The predicted octanol–water partition coefficient (Wildman–Crippen LogP) is 0.906. The number of halogens is 1. The molecule has 19 heavy (non-hydrogen) atoms. The summed E-state index contributed by atoms with van der Waals surface area (Å²) >= 11 is 0. The first-order valence-electron chi connectivity index (χ1n) is 5.79. The van der Waals surface area contributed by atoms with E-state index in [0.717, 1.165) is 0 Å². The molecule has 7 heteroatoms. The van der Waals surface area contributed by atoms with Crippen LogP contribution in [0.1, 0.15) is 15.9 Å². The molecule has 1 aliphatic rings. The maximum atomic E-state index is 14.1. The summed E-state index contributed by atoms with van der Waals surface area (Å²) in [6.07, 6.45) is 3.34. The molecule has 3 rings (SSSR count). The number of hydrogen-bond donors (Lipinski definition) is 2. The lowest BCUT2D eigenvalue weighted by Crippen LogP contribution is -2.13. The molecule has 0 spiro atoms. The van der Waals surface area contributed by atoms with E-state index < -0.39 is 5.82 Å². The molecule has 0 saturated carbocycles. The van der Waals surface area contributed by atoms with E-state index in [1.54, 1.807) is 31.2 Å². The van der Waals surface area contributed by atoms with Gasteiger partial charge < -0.3 is 10.6 Å². The Balaban J connectivity index is 2.30. The molecule has 2 aromatic rings. The van der Waals surface area contributed by atoms with Crippen LogP contribution in [0.25, 0.3) is 11.3 Å². The number of amides is 1. The fourth-order valence-corrected chi connectivity index (χ4v) is 2.20. The molecule has 1 aliphatic heterocycles. The summed E-state index contributed by atoms with van der Waals surface area (Å²) in [6, 6.07) is 0. The number of carbonyl (C=O) groups excluding carboxylic acids is 1. The lowest BCUT2D eigenvalue weighted by Gasteiger charge is -2.09. The fourth-order valence-electron chi connectivity index (χ4n) is 2.20. The molecule has 3 heterocycles. The van der Waals surface area contributed by atoms with E-state index in [1.165, 1.54) is 0 Å². The number of nitrogens with one attached hydrogen (secondary N) is 2. The minimum Gasteiger partial charge on any atom is -0.371 e. The summed E-state index contributed by atoms with van der Waals surface area (Å²) in [4.78, 5) is 16.0. The predicted molar refractivity (Wildman–Crippen MR) is 67.1 cm³/mol. The number of rotatable bonds is 2. The maximum absolute atomic E-state index is 14.1. The van der Waals surface area contributed by atoms with Crippen LogP contribution in [-0.4, -0.2) is 27.7 Å². The zero-order chi connectivity index (χ0) is 13.6. The average Bonchev–Trinajstić information content (AvgIpc) is 2.98. The largest absolute Gasteiger partial charge is 0.371 e. The van der Waals surface area contributed by atoms with Gasteiger partial charge in [-0.3, -0.25) is 9.48 Å². The van der Waals surface area contributed by atoms with Gasteiger partial charge in [-0.25, -0.2) is 9.37 Å². The highest BCUT2D eigenvalue weighted by Gasteiger charge is 2.30. The van der Waals surface area contributed by atoms with Crippen molar-refractivity contribution in [2.24, 2.45) is 7.05 Å². The van der Waals surface area contributed by atoms with Crippen molar-refractivity contribution in [2.75, 3.05) is 12.4 Å². The molecular formula is C12H12FN5O. The van der Waals surface area contributed by atoms with Crippen molar-refractivity contribution >= 4 is 11.7 Å². The quantitative estimate of drug-likeness (QED) is 0.842. The highest BCUT2D eigenvalue weighted by atomic mass is 19.1. The van der Waals surface area contributed by atoms with Crippen LogP contribution in [0.5, 0.6) is 0 Å². The monoisotopic (exact) mass is 261 g/mol. The van der Waals surface area contributed by atoms with Crippen LogP contribution in [0.15, 0.2) is 12.4 Å². The summed E-state index contributed by atoms with van der Waals surface area (Å²) in [5.74, 6) is -0.652. The fraction of sp³-hybridized carbons (Fsp3) is 0.250. The van der Waals surface area contributed by atoms with Gasteiger partial charge in [-0.15, -0.1) is 0 Å². The molecule has 2 aromatic heterocycles. The second-order valence-electron chi connectivity index (χ2n) is 4.31. The number of carbonyl (C=O) groups is 1. The van der Waals surface area contributed by atoms with E-state index in [0.29, 0.717) is 22.4 Å². The van der Waals surface area contributed by atoms with Crippen molar-refractivity contribution < 1.29 is 9.18 Å². The third-order valence-electron chi connectivity index (χ3n) is 3.10. The van der Waals surface area contributed by atoms with Crippen molar-refractivity contribution in [3.05, 3.63) is 29.3 Å². The summed E-state index contributed by atoms with van der Waals surface area (Å²) in [7, 11) is 3.36. The van der Waals surface area contributed by atoms with Crippen molar-refractivity contribution in [2.45, 2.75) is 6.54 Å². The molecule has 0 aliphatic carbocycles. The topological polar surface area (TPSA) is 71.8 Å². The number of nitrogens with zero attached hydrogens (tertiary/aromatic N) is 3. The van der Waals surface area contributed by atoms with Gasteiger partial charge in [-0.1, -0.05) is 0 Å². The van der Waals surface area contributed by atoms with Gasteiger partial charge in [0.2, 0.25) is 0 Å². The number of hydrogen-bond acceptors (Lipinski definition) is 4. The normalized spacial score (nSPS) is 13.3. The zero-order valence-electron chi connectivity index (χ0n) is 10.5. The van der Waals surface area contributed by atoms with Gasteiger partial charge in [0.25, 0.3) is 5.91 Å². The van der Waals surface area contributed by atoms with E-state index in [2.05, 4.69) is 20.7 Å². The first kappa shape index (κ1) is 11.6. The molecular weight excluding hydrogens is 249 g/mol. The van der Waals surface area contributed by atoms with Crippen LogP contribution < -0.4 is 10.6 Å². The maximum Gasteiger partial charge on any atom is 0.254 e. The number of anilines is 1. The van der Waals surface area contributed by atoms with Crippen LogP contribution >= 0.6 is 0 Å². The van der Waals surface area contributed by atoms with Crippen molar-refractivity contribution in [1.82, 2.24) is 20.1 Å². The number of pyridine rings is 1. The smallest absolute Gasteiger partial charge is 0.254 e. The van der Waals surface area contributed by atoms with Crippen LogP contribution in [0.3, 0.4) is 0 Å². The summed E-state index contributed by atoms with van der Waals surface area (Å²) < 4.78 is 15.7. The van der Waals surface area contributed by atoms with Gasteiger partial charge in [0.05, 0.1) is 17.5 Å².